The summed E-state index contributed by atoms with van der Waals surface area (Å²) in [6.07, 6.45) is 11.4. The number of carbonyl (C=O) groups is 2. The Balaban J connectivity index is 2.47. The quantitative estimate of drug-likeness (QED) is 0.463. The van der Waals surface area contributed by atoms with Gasteiger partial charge in [0.05, 0.1) is 13.2 Å². The molecule has 4 heteroatoms. The van der Waals surface area contributed by atoms with Gasteiger partial charge in [0.25, 0.3) is 0 Å². The predicted octanol–water partition coefficient (Wildman–Crippen LogP) is 3.88. The Kier molecular flexibility index (Phi) is 9.53. The van der Waals surface area contributed by atoms with Gasteiger partial charge in [-0.15, -0.1) is 0 Å². The monoisotopic (exact) mass is 322 g/mol. The summed E-state index contributed by atoms with van der Waals surface area (Å²) in [5.41, 5.74) is 1.94. The number of hydrogen-bond acceptors (Lipinski definition) is 4. The molecule has 1 aliphatic rings. The summed E-state index contributed by atoms with van der Waals surface area (Å²) in [6, 6.07) is 0. The standard InChI is InChI=1S/C19H30O4/c1-3-4-5-8-16(20)13-11-15-12-14-18(21)17(15)9-6-7-10-19(22)23-2/h11,13,16,20H,3-10,12,14H2,1-2H3/b13-11+. The smallest absolute Gasteiger partial charge is 0.305 e. The van der Waals surface area contributed by atoms with Gasteiger partial charge < -0.3 is 9.84 Å². The lowest BCUT2D eigenvalue weighted by molar-refractivity contribution is -0.140. The number of esters is 1. The van der Waals surface area contributed by atoms with Gasteiger partial charge in [0.2, 0.25) is 0 Å². The summed E-state index contributed by atoms with van der Waals surface area (Å²) in [7, 11) is 1.39. The molecule has 1 N–H and O–H groups in total. The first-order chi connectivity index (χ1) is 11.1. The fraction of sp³-hybridized carbons (Fsp3) is 0.684. The maximum Gasteiger partial charge on any atom is 0.305 e. The van der Waals surface area contributed by atoms with Crippen molar-refractivity contribution in [2.24, 2.45) is 0 Å². The number of hydrogen-bond donors (Lipinski definition) is 1. The fourth-order valence-electron chi connectivity index (χ4n) is 2.81. The zero-order chi connectivity index (χ0) is 17.1. The Morgan fingerprint density at radius 1 is 1.26 bits per heavy atom. The highest BCUT2D eigenvalue weighted by atomic mass is 16.5. The number of methoxy groups -OCH3 is 1. The average Bonchev–Trinajstić information content (AvgIpc) is 2.89. The molecule has 0 amide bonds. The molecule has 4 nitrogen and oxygen atoms in total. The second kappa shape index (κ2) is 11.2. The molecule has 0 spiro atoms. The molecule has 0 aromatic carbocycles. The van der Waals surface area contributed by atoms with E-state index in [1.165, 1.54) is 7.11 Å². The van der Waals surface area contributed by atoms with E-state index in [0.29, 0.717) is 19.3 Å². The number of Topliss-reactive ketones (excluding diaryl/α,β-unsaturated/α-hetero) is 1. The molecule has 23 heavy (non-hydrogen) atoms. The molecular formula is C19H30O4. The topological polar surface area (TPSA) is 63.6 Å². The number of aliphatic hydroxyl groups excluding tert-OH is 1. The van der Waals surface area contributed by atoms with Crippen LogP contribution in [-0.4, -0.2) is 30.1 Å². The largest absolute Gasteiger partial charge is 0.469 e. The first-order valence-corrected chi connectivity index (χ1v) is 8.76. The van der Waals surface area contributed by atoms with Crippen molar-refractivity contribution in [2.45, 2.75) is 77.2 Å². The molecule has 0 fully saturated rings. The van der Waals surface area contributed by atoms with Gasteiger partial charge in [-0.3, -0.25) is 9.59 Å². The van der Waals surface area contributed by atoms with Crippen LogP contribution in [0.5, 0.6) is 0 Å². The van der Waals surface area contributed by atoms with Crippen LogP contribution in [0.3, 0.4) is 0 Å². The molecule has 0 saturated heterocycles. The van der Waals surface area contributed by atoms with Crippen LogP contribution in [0.1, 0.15) is 71.1 Å². The van der Waals surface area contributed by atoms with Crippen LogP contribution in [0, 0.1) is 0 Å². The van der Waals surface area contributed by atoms with E-state index in [9.17, 15) is 14.7 Å². The third-order valence-corrected chi connectivity index (χ3v) is 4.25. The first-order valence-electron chi connectivity index (χ1n) is 8.76. The highest BCUT2D eigenvalue weighted by Gasteiger charge is 2.20. The minimum atomic E-state index is -0.426. The van der Waals surface area contributed by atoms with Gasteiger partial charge in [0.15, 0.2) is 5.78 Å². The maximum absolute atomic E-state index is 12.0. The molecule has 0 heterocycles. The van der Waals surface area contributed by atoms with E-state index in [4.69, 9.17) is 0 Å². The fourth-order valence-corrected chi connectivity index (χ4v) is 2.81. The summed E-state index contributed by atoms with van der Waals surface area (Å²) >= 11 is 0. The number of aliphatic hydroxyl groups is 1. The highest BCUT2D eigenvalue weighted by molar-refractivity contribution is 5.99. The molecule has 1 atom stereocenters. The lowest BCUT2D eigenvalue weighted by Gasteiger charge is -2.06. The summed E-state index contributed by atoms with van der Waals surface area (Å²) in [6.45, 7) is 2.14. The van der Waals surface area contributed by atoms with Crippen molar-refractivity contribution in [2.75, 3.05) is 7.11 Å². The predicted molar refractivity (Wildman–Crippen MR) is 91.0 cm³/mol. The van der Waals surface area contributed by atoms with Crippen LogP contribution >= 0.6 is 0 Å². The van der Waals surface area contributed by atoms with Gasteiger partial charge in [0, 0.05) is 12.8 Å². The van der Waals surface area contributed by atoms with Gasteiger partial charge in [-0.2, -0.15) is 0 Å². The number of carbonyl (C=O) groups excluding carboxylic acids is 2. The Bertz CT molecular complexity index is 448. The van der Waals surface area contributed by atoms with Crippen LogP contribution in [0.4, 0.5) is 0 Å². The summed E-state index contributed by atoms with van der Waals surface area (Å²) < 4.78 is 4.61. The number of allylic oxidation sites excluding steroid dienone is 3. The van der Waals surface area contributed by atoms with Gasteiger partial charge in [-0.1, -0.05) is 38.3 Å². The molecule has 0 aromatic rings. The van der Waals surface area contributed by atoms with Crippen LogP contribution in [0.25, 0.3) is 0 Å². The zero-order valence-corrected chi connectivity index (χ0v) is 14.5. The lowest BCUT2D eigenvalue weighted by Crippen LogP contribution is -2.02. The zero-order valence-electron chi connectivity index (χ0n) is 14.5. The SMILES string of the molecule is CCCCCC(O)/C=C/C1=C(CCCCC(=O)OC)C(=O)CC1. The van der Waals surface area contributed by atoms with E-state index in [-0.39, 0.29) is 11.8 Å². The second-order valence-corrected chi connectivity index (χ2v) is 6.13. The summed E-state index contributed by atoms with van der Waals surface area (Å²) in [5.74, 6) is 0.00948. The van der Waals surface area contributed by atoms with E-state index >= 15 is 0 Å². The molecular weight excluding hydrogens is 292 g/mol. The molecule has 0 bridgehead atoms. The summed E-state index contributed by atoms with van der Waals surface area (Å²) in [5, 5.41) is 9.94. The van der Waals surface area contributed by atoms with Crippen molar-refractivity contribution in [1.82, 2.24) is 0 Å². The third kappa shape index (κ3) is 7.60. The first kappa shape index (κ1) is 19.6. The van der Waals surface area contributed by atoms with E-state index in [1.54, 1.807) is 0 Å². The van der Waals surface area contributed by atoms with Gasteiger partial charge in [-0.05, 0) is 43.3 Å². The van der Waals surface area contributed by atoms with Gasteiger partial charge in [0.1, 0.15) is 0 Å². The van der Waals surface area contributed by atoms with Crippen molar-refractivity contribution in [3.63, 3.8) is 0 Å². The Morgan fingerprint density at radius 3 is 2.74 bits per heavy atom. The normalized spacial score (nSPS) is 16.4. The van der Waals surface area contributed by atoms with Crippen LogP contribution < -0.4 is 0 Å². The van der Waals surface area contributed by atoms with Crippen molar-refractivity contribution in [1.29, 1.82) is 0 Å². The highest BCUT2D eigenvalue weighted by Crippen LogP contribution is 2.28. The van der Waals surface area contributed by atoms with E-state index in [2.05, 4.69) is 11.7 Å². The van der Waals surface area contributed by atoms with Crippen molar-refractivity contribution >= 4 is 11.8 Å². The van der Waals surface area contributed by atoms with Gasteiger partial charge >= 0.3 is 5.97 Å². The van der Waals surface area contributed by atoms with Gasteiger partial charge in [-0.25, -0.2) is 0 Å². The van der Waals surface area contributed by atoms with Crippen LogP contribution in [0.2, 0.25) is 0 Å². The molecule has 1 unspecified atom stereocenters. The van der Waals surface area contributed by atoms with E-state index in [1.807, 2.05) is 12.2 Å². The van der Waals surface area contributed by atoms with E-state index in [0.717, 1.165) is 56.1 Å². The lowest BCUT2D eigenvalue weighted by atomic mass is 10.0. The van der Waals surface area contributed by atoms with Crippen molar-refractivity contribution < 1.29 is 19.4 Å². The average molecular weight is 322 g/mol. The maximum atomic E-state index is 12.0. The number of rotatable bonds is 11. The Labute approximate surface area is 139 Å². The van der Waals surface area contributed by atoms with Crippen molar-refractivity contribution in [3.05, 3.63) is 23.3 Å². The third-order valence-electron chi connectivity index (χ3n) is 4.25. The molecule has 0 radical (unpaired) electrons. The van der Waals surface area contributed by atoms with Crippen molar-refractivity contribution in [3.8, 4) is 0 Å². The minimum Gasteiger partial charge on any atom is -0.469 e. The number of ether oxygens (including phenoxy) is 1. The molecule has 0 aromatic heterocycles. The molecule has 1 rings (SSSR count). The molecule has 130 valence electrons. The molecule has 0 saturated carbocycles. The summed E-state index contributed by atoms with van der Waals surface area (Å²) in [4.78, 5) is 23.1. The number of unbranched alkanes of at least 4 members (excludes halogenated alkanes) is 3. The molecule has 1 aliphatic carbocycles. The van der Waals surface area contributed by atoms with E-state index < -0.39 is 6.10 Å². The van der Waals surface area contributed by atoms with Crippen LogP contribution in [0.15, 0.2) is 23.3 Å². The number of ketones is 1. The Morgan fingerprint density at radius 2 is 2.04 bits per heavy atom. The van der Waals surface area contributed by atoms with Crippen LogP contribution in [-0.2, 0) is 14.3 Å². The minimum absolute atomic E-state index is 0.202. The second-order valence-electron chi connectivity index (χ2n) is 6.13. The Hall–Kier alpha value is -1.42. The molecule has 0 aliphatic heterocycles.